The predicted octanol–water partition coefficient (Wildman–Crippen LogP) is 2.42. The number of methoxy groups -OCH3 is 1. The number of hydrogen-bond donors (Lipinski definition) is 3. The summed E-state index contributed by atoms with van der Waals surface area (Å²) in [5, 5.41) is 26.9. The Morgan fingerprint density at radius 1 is 0.814 bits per heavy atom. The lowest BCUT2D eigenvalue weighted by molar-refractivity contribution is -0.386. The van der Waals surface area contributed by atoms with Crippen molar-refractivity contribution in [3.05, 3.63) is 33.9 Å². The molecular weight excluding hydrogens is 790 g/mol. The monoisotopic (exact) mass is 841 g/mol. The molecule has 328 valence electrons. The number of carbonyl (C=O) groups excluding carboxylic acids is 7. The molecule has 1 saturated heterocycles. The van der Waals surface area contributed by atoms with Crippen LogP contribution in [0, 0.1) is 22.0 Å². The van der Waals surface area contributed by atoms with Crippen LogP contribution in [-0.2, 0) is 66.7 Å². The number of carboxylic acids is 1. The average Bonchev–Trinajstić information content (AvgIpc) is 3.10. The first-order valence-corrected chi connectivity index (χ1v) is 18.3. The quantitative estimate of drug-likeness (QED) is 0.0735. The fourth-order valence-corrected chi connectivity index (χ4v) is 5.93. The first-order chi connectivity index (χ1) is 27.5. The minimum absolute atomic E-state index is 0.0273. The zero-order chi connectivity index (χ0) is 44.7. The van der Waals surface area contributed by atoms with Crippen LogP contribution >= 0.6 is 0 Å². The fourth-order valence-electron chi connectivity index (χ4n) is 5.93. The molecule has 2 unspecified atom stereocenters. The summed E-state index contributed by atoms with van der Waals surface area (Å²) in [5.74, 6) is -7.17. The summed E-state index contributed by atoms with van der Waals surface area (Å²) in [7, 11) is 1.15. The van der Waals surface area contributed by atoms with Gasteiger partial charge in [-0.25, -0.2) is 9.59 Å². The normalized spacial score (nSPS) is 20.2. The number of esters is 5. The van der Waals surface area contributed by atoms with Crippen LogP contribution < -0.4 is 15.4 Å². The summed E-state index contributed by atoms with van der Waals surface area (Å²) in [4.78, 5) is 111. The van der Waals surface area contributed by atoms with E-state index >= 15 is 0 Å². The Kier molecular flexibility index (Phi) is 18.9. The number of nitro benzene ring substituents is 1. The topological polar surface area (TPSA) is 298 Å². The van der Waals surface area contributed by atoms with Crippen LogP contribution in [0.1, 0.15) is 86.3 Å². The molecule has 59 heavy (non-hydrogen) atoms. The smallest absolute Gasteiger partial charge is 0.408 e. The molecule has 2 rings (SSSR count). The highest BCUT2D eigenvalue weighted by Gasteiger charge is 2.53. The summed E-state index contributed by atoms with van der Waals surface area (Å²) in [6, 6.07) is 0.499. The molecule has 0 aromatic heterocycles. The van der Waals surface area contributed by atoms with Gasteiger partial charge in [0, 0.05) is 33.8 Å². The Bertz CT molecular complexity index is 1710. The molecular formula is C37H51N3O19. The van der Waals surface area contributed by atoms with E-state index in [1.165, 1.54) is 0 Å². The molecule has 22 nitrogen and oxygen atoms in total. The minimum Gasteiger partial charge on any atom is -0.481 e. The van der Waals surface area contributed by atoms with Crippen molar-refractivity contribution in [1.29, 1.82) is 0 Å². The third kappa shape index (κ3) is 16.0. The van der Waals surface area contributed by atoms with Crippen molar-refractivity contribution >= 4 is 53.5 Å². The molecule has 1 aromatic carbocycles. The van der Waals surface area contributed by atoms with Gasteiger partial charge in [-0.2, -0.15) is 0 Å². The van der Waals surface area contributed by atoms with Crippen molar-refractivity contribution in [3.63, 3.8) is 0 Å². The molecule has 0 aliphatic carbocycles. The van der Waals surface area contributed by atoms with Crippen molar-refractivity contribution in [2.24, 2.45) is 11.8 Å². The van der Waals surface area contributed by atoms with Crippen LogP contribution in [0.25, 0.3) is 0 Å². The number of benzene rings is 1. The zero-order valence-electron chi connectivity index (χ0n) is 34.1. The van der Waals surface area contributed by atoms with E-state index in [0.29, 0.717) is 0 Å². The molecule has 1 aliphatic heterocycles. The first-order valence-electron chi connectivity index (χ1n) is 18.3. The second kappa shape index (κ2) is 22.8. The fraction of sp³-hybridized carbons (Fsp3) is 0.622. The van der Waals surface area contributed by atoms with Gasteiger partial charge in [-0.15, -0.1) is 0 Å². The van der Waals surface area contributed by atoms with E-state index in [1.807, 2.05) is 13.8 Å². The number of aliphatic carboxylic acids is 1. The molecule has 0 radical (unpaired) electrons. The second-order valence-corrected chi connectivity index (χ2v) is 14.2. The van der Waals surface area contributed by atoms with Gasteiger partial charge in [0.25, 0.3) is 5.69 Å². The highest BCUT2D eigenvalue weighted by molar-refractivity contribution is 5.89. The number of nitrogens with one attached hydrogen (secondary N) is 2. The van der Waals surface area contributed by atoms with Gasteiger partial charge in [0.2, 0.25) is 18.3 Å². The summed E-state index contributed by atoms with van der Waals surface area (Å²) in [6.45, 7) is 10.6. The van der Waals surface area contributed by atoms with Crippen LogP contribution in [0.15, 0.2) is 18.2 Å². The standard InChI is InChI=1S/C37H51N3O19/c1-17(2)12-25(34(47)38-26(13-18(3)4)35(48)52-9)39-37(49)59-28(15-30(45)46)24-14-23(10-11-27(24)40(50)51)57-36-33(56-22(8)44)32(55-21(7)43)31(54-20(6)42)29(58-36)16-53-19(5)41/h10-11,14,17-18,25-26,28-29,31-33,36H,12-13,15-16H2,1-9H3,(H,38,47)(H,39,49)(H,45,46)/t25-,26-,28?,29+,31+,32-,33-,36?/m0/s1. The van der Waals surface area contributed by atoms with Gasteiger partial charge in [-0.05, 0) is 36.8 Å². The number of carbonyl (C=O) groups is 8. The first kappa shape index (κ1) is 49.1. The maximum Gasteiger partial charge on any atom is 0.408 e. The van der Waals surface area contributed by atoms with Crippen molar-refractivity contribution < 1.29 is 86.3 Å². The largest absolute Gasteiger partial charge is 0.481 e. The van der Waals surface area contributed by atoms with Crippen molar-refractivity contribution in [2.45, 2.75) is 124 Å². The maximum absolute atomic E-state index is 13.4. The van der Waals surface area contributed by atoms with E-state index in [2.05, 4.69) is 10.6 Å². The van der Waals surface area contributed by atoms with Gasteiger partial charge in [-0.3, -0.25) is 38.9 Å². The summed E-state index contributed by atoms with van der Waals surface area (Å²) in [5.41, 5.74) is -1.24. The molecule has 1 fully saturated rings. The van der Waals surface area contributed by atoms with Crippen molar-refractivity contribution in [2.75, 3.05) is 13.7 Å². The summed E-state index contributed by atoms with van der Waals surface area (Å²) in [6.07, 6.45) is -12.1. The molecule has 1 heterocycles. The van der Waals surface area contributed by atoms with Gasteiger partial charge in [0.1, 0.15) is 36.6 Å². The maximum atomic E-state index is 13.4. The Morgan fingerprint density at radius 3 is 1.88 bits per heavy atom. The average molecular weight is 842 g/mol. The molecule has 3 N–H and O–H groups in total. The minimum atomic E-state index is -1.90. The Morgan fingerprint density at radius 2 is 1.37 bits per heavy atom. The molecule has 8 atom stereocenters. The van der Waals surface area contributed by atoms with E-state index in [-0.39, 0.29) is 30.4 Å². The number of alkyl carbamates (subject to hydrolysis) is 1. The van der Waals surface area contributed by atoms with E-state index in [9.17, 15) is 53.6 Å². The van der Waals surface area contributed by atoms with E-state index in [4.69, 9.17) is 37.9 Å². The van der Waals surface area contributed by atoms with Crippen LogP contribution in [0.3, 0.4) is 0 Å². The Hall–Kier alpha value is -6.06. The number of carboxylic acid groups (broad SMARTS) is 1. The third-order valence-electron chi connectivity index (χ3n) is 8.18. The molecule has 1 aromatic rings. The lowest BCUT2D eigenvalue weighted by Crippen LogP contribution is -2.63. The molecule has 22 heteroatoms. The number of rotatable bonds is 20. The molecule has 1 aliphatic rings. The van der Waals surface area contributed by atoms with Crippen molar-refractivity contribution in [3.8, 4) is 5.75 Å². The number of nitrogens with zero attached hydrogens (tertiary/aromatic N) is 1. The number of amides is 2. The second-order valence-electron chi connectivity index (χ2n) is 14.2. The molecule has 0 saturated carbocycles. The van der Waals surface area contributed by atoms with E-state index < -0.39 is 126 Å². The highest BCUT2D eigenvalue weighted by Crippen LogP contribution is 2.36. The van der Waals surface area contributed by atoms with Crippen LogP contribution in [0.4, 0.5) is 10.5 Å². The predicted molar refractivity (Wildman–Crippen MR) is 197 cm³/mol. The lowest BCUT2D eigenvalue weighted by atomic mass is 9.98. The summed E-state index contributed by atoms with van der Waals surface area (Å²) < 4.78 is 43.2. The Labute approximate surface area is 338 Å². The highest BCUT2D eigenvalue weighted by atomic mass is 16.7. The van der Waals surface area contributed by atoms with Gasteiger partial charge >= 0.3 is 41.9 Å². The Balaban J connectivity index is 2.60. The van der Waals surface area contributed by atoms with Crippen LogP contribution in [0.5, 0.6) is 5.75 Å². The molecule has 0 bridgehead atoms. The van der Waals surface area contributed by atoms with Gasteiger partial charge < -0.3 is 53.6 Å². The zero-order valence-corrected chi connectivity index (χ0v) is 34.1. The summed E-state index contributed by atoms with van der Waals surface area (Å²) >= 11 is 0. The van der Waals surface area contributed by atoms with Crippen molar-refractivity contribution in [1.82, 2.24) is 10.6 Å². The lowest BCUT2D eigenvalue weighted by Gasteiger charge is -2.43. The van der Waals surface area contributed by atoms with Gasteiger partial charge in [-0.1, -0.05) is 27.7 Å². The van der Waals surface area contributed by atoms with Gasteiger partial charge in [0.15, 0.2) is 12.2 Å². The van der Waals surface area contributed by atoms with Gasteiger partial charge in [0.05, 0.1) is 24.0 Å². The van der Waals surface area contributed by atoms with Crippen LogP contribution in [0.2, 0.25) is 0 Å². The molecule has 0 spiro atoms. The van der Waals surface area contributed by atoms with E-state index in [1.54, 1.807) is 13.8 Å². The number of nitro groups is 1. The number of ether oxygens (including phenoxy) is 8. The van der Waals surface area contributed by atoms with E-state index in [0.717, 1.165) is 53.0 Å². The van der Waals surface area contributed by atoms with Crippen LogP contribution in [-0.4, -0.2) is 114 Å². The SMILES string of the molecule is COC(=O)[C@H](CC(C)C)NC(=O)[C@H](CC(C)C)NC(=O)OC(CC(=O)O)c1cc(OC2O[C@H](COC(C)=O)[C@@H](OC(C)=O)[C@H](OC(C)=O)[C@@H]2OC(C)=O)ccc1[N+](=O)[O-]. The number of hydrogen-bond acceptors (Lipinski definition) is 18. The third-order valence-corrected chi connectivity index (χ3v) is 8.18. The molecule has 2 amide bonds.